The van der Waals surface area contributed by atoms with Crippen molar-refractivity contribution in [3.05, 3.63) is 71.8 Å². The summed E-state index contributed by atoms with van der Waals surface area (Å²) < 4.78 is 5.22. The summed E-state index contributed by atoms with van der Waals surface area (Å²) in [6.45, 7) is 5.85. The lowest BCUT2D eigenvalue weighted by Crippen LogP contribution is -2.32. The fourth-order valence-corrected chi connectivity index (χ4v) is 3.18. The second kappa shape index (κ2) is 9.54. The van der Waals surface area contributed by atoms with Gasteiger partial charge >= 0.3 is 0 Å². The first kappa shape index (κ1) is 21.5. The van der Waals surface area contributed by atoms with Crippen molar-refractivity contribution in [1.29, 1.82) is 0 Å². The Morgan fingerprint density at radius 3 is 2.53 bits per heavy atom. The summed E-state index contributed by atoms with van der Waals surface area (Å²) in [5, 5.41) is 19.5. The van der Waals surface area contributed by atoms with Gasteiger partial charge in [-0.2, -0.15) is 5.10 Å². The van der Waals surface area contributed by atoms with Gasteiger partial charge in [-0.15, -0.1) is 0 Å². The van der Waals surface area contributed by atoms with Gasteiger partial charge < -0.3 is 15.6 Å². The van der Waals surface area contributed by atoms with Gasteiger partial charge in [0.2, 0.25) is 0 Å². The standard InChI is InChI=1S/C23H29N5O2/c1-23(2,3)30-22(29)26-13-7-10-18-19(16-11-14-25-15-12-16)21(28-27-18)20(24)17-8-5-4-6-9-17/h4-6,8-9,11-12,14-15,20H,7,10,13,24H2,1-3H3,(H,26,29)(H,27,28)/p-1/t20-/m1/s1. The minimum Gasteiger partial charge on any atom is -0.595 e. The zero-order valence-electron chi connectivity index (χ0n) is 17.6. The van der Waals surface area contributed by atoms with Gasteiger partial charge in [-0.3, -0.25) is 15.1 Å². The van der Waals surface area contributed by atoms with E-state index >= 15 is 0 Å². The number of aryl methyl sites for hydroxylation is 1. The Bertz CT molecular complexity index is 962. The Hall–Kier alpha value is -3.19. The Morgan fingerprint density at radius 1 is 1.17 bits per heavy atom. The summed E-state index contributed by atoms with van der Waals surface area (Å²) in [5.41, 5.74) is 10.7. The van der Waals surface area contributed by atoms with Crippen LogP contribution in [0.25, 0.3) is 11.1 Å². The number of benzene rings is 1. The molecule has 2 heterocycles. The third kappa shape index (κ3) is 5.67. The Labute approximate surface area is 177 Å². The molecule has 0 saturated heterocycles. The predicted octanol–water partition coefficient (Wildman–Crippen LogP) is 2.98. The number of nitrogens with two attached hydrogens (primary N) is 1. The summed E-state index contributed by atoms with van der Waals surface area (Å²) in [7, 11) is 0. The van der Waals surface area contributed by atoms with E-state index in [4.69, 9.17) is 10.5 Å². The molecular weight excluding hydrogens is 378 g/mol. The maximum atomic E-state index is 11.8. The van der Waals surface area contributed by atoms with E-state index in [0.29, 0.717) is 19.4 Å². The summed E-state index contributed by atoms with van der Waals surface area (Å²) >= 11 is 0. The molecule has 1 aromatic carbocycles. The first-order valence-corrected chi connectivity index (χ1v) is 10.0. The van der Waals surface area contributed by atoms with Crippen LogP contribution in [0.1, 0.15) is 50.2 Å². The molecule has 3 rings (SSSR count). The van der Waals surface area contributed by atoms with Crippen molar-refractivity contribution in [2.45, 2.75) is 45.3 Å². The normalized spacial score (nSPS) is 13.3. The number of H-pyrrole nitrogens is 1. The van der Waals surface area contributed by atoms with Gasteiger partial charge in [0.1, 0.15) is 6.08 Å². The molecule has 0 spiro atoms. The molecule has 3 N–H and O–H groups in total. The van der Waals surface area contributed by atoms with Crippen LogP contribution < -0.4 is 10.8 Å². The third-order valence-corrected chi connectivity index (χ3v) is 4.51. The van der Waals surface area contributed by atoms with Gasteiger partial charge in [-0.05, 0) is 36.1 Å². The molecule has 30 heavy (non-hydrogen) atoms. The molecule has 7 nitrogen and oxygen atoms in total. The molecule has 7 heteroatoms. The summed E-state index contributed by atoms with van der Waals surface area (Å²) in [6, 6.07) is 13.4. The highest BCUT2D eigenvalue weighted by molar-refractivity contribution is 5.69. The minimum atomic E-state index is -0.541. The van der Waals surface area contributed by atoms with E-state index in [-0.39, 0.29) is 6.04 Å². The Morgan fingerprint density at radius 2 is 1.87 bits per heavy atom. The van der Waals surface area contributed by atoms with Crippen LogP contribution in [0.5, 0.6) is 0 Å². The lowest BCUT2D eigenvalue weighted by Gasteiger charge is -2.29. The van der Waals surface area contributed by atoms with Gasteiger partial charge in [0.05, 0.1) is 11.7 Å². The van der Waals surface area contributed by atoms with Crippen LogP contribution in [0.15, 0.2) is 59.9 Å². The van der Waals surface area contributed by atoms with E-state index in [1.165, 1.54) is 0 Å². The van der Waals surface area contributed by atoms with Gasteiger partial charge in [-0.25, -0.2) is 0 Å². The number of aromatic amines is 1. The first-order chi connectivity index (χ1) is 14.3. The molecule has 1 atom stereocenters. The van der Waals surface area contributed by atoms with E-state index in [0.717, 1.165) is 28.1 Å². The van der Waals surface area contributed by atoms with Crippen LogP contribution in [0, 0.1) is 0 Å². The monoisotopic (exact) mass is 406 g/mol. The van der Waals surface area contributed by atoms with Crippen LogP contribution in [-0.2, 0) is 11.2 Å². The van der Waals surface area contributed by atoms with E-state index in [9.17, 15) is 5.11 Å². The SMILES string of the molecule is CC(C)(C)OC([O-])=NCCCc1[nH]nc([C@H](N)c2ccccc2)c1-c1ccncc1. The maximum absolute atomic E-state index is 11.8. The molecular formula is C23H28N5O2-. The topological polar surface area (TPSA) is 112 Å². The van der Waals surface area contributed by atoms with Crippen LogP contribution in [0.2, 0.25) is 0 Å². The number of ether oxygens (including phenoxy) is 1. The first-order valence-electron chi connectivity index (χ1n) is 10.0. The number of hydrogen-bond donors (Lipinski definition) is 2. The zero-order chi connectivity index (χ0) is 21.6. The second-order valence-electron chi connectivity index (χ2n) is 8.05. The predicted molar refractivity (Wildman–Crippen MR) is 116 cm³/mol. The van der Waals surface area contributed by atoms with Crippen LogP contribution >= 0.6 is 0 Å². The van der Waals surface area contributed by atoms with E-state index in [1.54, 1.807) is 12.4 Å². The van der Waals surface area contributed by atoms with E-state index in [1.807, 2.05) is 63.2 Å². The van der Waals surface area contributed by atoms with Crippen LogP contribution in [0.3, 0.4) is 0 Å². The molecule has 0 aliphatic heterocycles. The van der Waals surface area contributed by atoms with Crippen molar-refractivity contribution >= 4 is 6.08 Å². The number of aromatic nitrogens is 3. The number of nitrogens with zero attached hydrogens (tertiary/aromatic N) is 3. The molecule has 2 aromatic heterocycles. The largest absolute Gasteiger partial charge is 0.595 e. The smallest absolute Gasteiger partial charge is 0.145 e. The van der Waals surface area contributed by atoms with Crippen LogP contribution in [-0.4, -0.2) is 33.4 Å². The Kier molecular flexibility index (Phi) is 6.84. The number of rotatable bonds is 7. The lowest BCUT2D eigenvalue weighted by atomic mass is 9.95. The highest BCUT2D eigenvalue weighted by Gasteiger charge is 2.21. The highest BCUT2D eigenvalue weighted by Crippen LogP contribution is 2.32. The molecule has 0 radical (unpaired) electrons. The highest BCUT2D eigenvalue weighted by atomic mass is 16.6. The third-order valence-electron chi connectivity index (χ3n) is 4.51. The fraction of sp³-hybridized carbons (Fsp3) is 0.348. The second-order valence-corrected chi connectivity index (χ2v) is 8.05. The van der Waals surface area contributed by atoms with Crippen molar-refractivity contribution < 1.29 is 9.84 Å². The number of nitrogens with one attached hydrogen (secondary N) is 1. The molecule has 0 unspecified atom stereocenters. The average Bonchev–Trinajstić information content (AvgIpc) is 3.14. The van der Waals surface area contributed by atoms with Crippen molar-refractivity contribution in [1.82, 2.24) is 15.2 Å². The lowest BCUT2D eigenvalue weighted by molar-refractivity contribution is -0.260. The number of pyridine rings is 1. The molecule has 0 aliphatic rings. The minimum absolute atomic E-state index is 0.356. The van der Waals surface area contributed by atoms with Gasteiger partial charge in [0.15, 0.2) is 0 Å². The average molecular weight is 407 g/mol. The van der Waals surface area contributed by atoms with E-state index in [2.05, 4.69) is 20.2 Å². The molecule has 158 valence electrons. The summed E-state index contributed by atoms with van der Waals surface area (Å²) in [6.07, 6.45) is 4.33. The maximum Gasteiger partial charge on any atom is 0.145 e. The van der Waals surface area contributed by atoms with Crippen molar-refractivity contribution in [2.24, 2.45) is 10.7 Å². The Balaban J connectivity index is 1.80. The van der Waals surface area contributed by atoms with Gasteiger partial charge in [0, 0.05) is 35.8 Å². The van der Waals surface area contributed by atoms with Crippen molar-refractivity contribution in [2.75, 3.05) is 6.54 Å². The van der Waals surface area contributed by atoms with Crippen LogP contribution in [0.4, 0.5) is 0 Å². The molecule has 0 saturated carbocycles. The fourth-order valence-electron chi connectivity index (χ4n) is 3.18. The van der Waals surface area contributed by atoms with Crippen molar-refractivity contribution in [3.63, 3.8) is 0 Å². The molecule has 3 aromatic rings. The molecule has 0 bridgehead atoms. The molecule has 0 fully saturated rings. The summed E-state index contributed by atoms with van der Waals surface area (Å²) in [4.78, 5) is 8.10. The quantitative estimate of drug-likeness (QED) is 0.356. The number of aliphatic imine (C=N–C) groups is 1. The molecule has 0 aliphatic carbocycles. The van der Waals surface area contributed by atoms with Crippen molar-refractivity contribution in [3.8, 4) is 11.1 Å². The molecule has 0 amide bonds. The zero-order valence-corrected chi connectivity index (χ0v) is 17.6. The number of hydrogen-bond acceptors (Lipinski definition) is 6. The van der Waals surface area contributed by atoms with Gasteiger partial charge in [-0.1, -0.05) is 51.1 Å². The van der Waals surface area contributed by atoms with E-state index < -0.39 is 11.7 Å². The summed E-state index contributed by atoms with van der Waals surface area (Å²) in [5.74, 6) is 0. The van der Waals surface area contributed by atoms with Gasteiger partial charge in [0.25, 0.3) is 0 Å².